The highest BCUT2D eigenvalue weighted by Gasteiger charge is 2.25. The van der Waals surface area contributed by atoms with E-state index in [4.69, 9.17) is 0 Å². The number of carbonyl (C=O) groups is 1. The second kappa shape index (κ2) is 8.47. The molecule has 0 aromatic heterocycles. The van der Waals surface area contributed by atoms with E-state index in [-0.39, 0.29) is 18.5 Å². The highest BCUT2D eigenvalue weighted by Crippen LogP contribution is 2.14. The molecule has 3 N–H and O–H groups in total. The predicted octanol–water partition coefficient (Wildman–Crippen LogP) is 1.57. The lowest BCUT2D eigenvalue weighted by Crippen LogP contribution is -2.47. The predicted molar refractivity (Wildman–Crippen MR) is 81.8 cm³/mol. The van der Waals surface area contributed by atoms with Crippen molar-refractivity contribution in [3.05, 3.63) is 0 Å². The molecule has 1 heterocycles. The van der Waals surface area contributed by atoms with E-state index < -0.39 is 5.60 Å². The van der Waals surface area contributed by atoms with E-state index in [2.05, 4.69) is 15.5 Å². The molecule has 1 aliphatic heterocycles. The monoisotopic (exact) mass is 285 g/mol. The van der Waals surface area contributed by atoms with Crippen LogP contribution < -0.4 is 10.6 Å². The Hall–Kier alpha value is -0.810. The van der Waals surface area contributed by atoms with Crippen molar-refractivity contribution in [1.82, 2.24) is 15.5 Å². The lowest BCUT2D eigenvalue weighted by Gasteiger charge is -2.27. The Morgan fingerprint density at radius 3 is 2.50 bits per heavy atom. The summed E-state index contributed by atoms with van der Waals surface area (Å²) in [5.74, 6) is 0.114. The molecule has 1 rings (SSSR count). The van der Waals surface area contributed by atoms with Gasteiger partial charge in [0, 0.05) is 13.1 Å². The summed E-state index contributed by atoms with van der Waals surface area (Å²) in [6.45, 7) is 10.2. The molecule has 118 valence electrons. The molecule has 1 fully saturated rings. The van der Waals surface area contributed by atoms with Crippen LogP contribution in [0.4, 0.5) is 4.79 Å². The Kier molecular flexibility index (Phi) is 7.30. The zero-order valence-corrected chi connectivity index (χ0v) is 13.2. The summed E-state index contributed by atoms with van der Waals surface area (Å²) in [6, 6.07) is -0.188. The van der Waals surface area contributed by atoms with E-state index in [1.807, 2.05) is 13.8 Å². The zero-order valence-electron chi connectivity index (χ0n) is 13.2. The molecule has 5 heteroatoms. The van der Waals surface area contributed by atoms with E-state index in [9.17, 15) is 9.90 Å². The second-order valence-electron chi connectivity index (χ2n) is 6.38. The van der Waals surface area contributed by atoms with Gasteiger partial charge in [0.1, 0.15) is 0 Å². The fourth-order valence-electron chi connectivity index (χ4n) is 2.19. The van der Waals surface area contributed by atoms with Crippen LogP contribution >= 0.6 is 0 Å². The summed E-state index contributed by atoms with van der Waals surface area (Å²) < 4.78 is 0. The van der Waals surface area contributed by atoms with E-state index >= 15 is 0 Å². The first-order valence-corrected chi connectivity index (χ1v) is 7.88. The highest BCUT2D eigenvalue weighted by molar-refractivity contribution is 5.73. The van der Waals surface area contributed by atoms with Crippen molar-refractivity contribution < 1.29 is 9.90 Å². The van der Waals surface area contributed by atoms with Gasteiger partial charge in [0.2, 0.25) is 0 Å². The van der Waals surface area contributed by atoms with E-state index in [0.717, 1.165) is 19.4 Å². The lowest BCUT2D eigenvalue weighted by molar-refractivity contribution is 0.0166. The van der Waals surface area contributed by atoms with Crippen LogP contribution in [0.3, 0.4) is 0 Å². The van der Waals surface area contributed by atoms with Crippen molar-refractivity contribution >= 4 is 6.03 Å². The Labute approximate surface area is 123 Å². The van der Waals surface area contributed by atoms with Gasteiger partial charge in [-0.15, -0.1) is 0 Å². The van der Waals surface area contributed by atoms with Crippen LogP contribution in [0.25, 0.3) is 0 Å². The Balaban J connectivity index is 1.99. The number of carbonyl (C=O) groups excluding carboxylic acids is 1. The van der Waals surface area contributed by atoms with Crippen molar-refractivity contribution in [2.75, 3.05) is 32.7 Å². The van der Waals surface area contributed by atoms with Crippen LogP contribution in [0.2, 0.25) is 0 Å². The molecule has 0 bridgehead atoms. The number of urea groups is 1. The molecule has 1 unspecified atom stereocenters. The zero-order chi connectivity index (χ0) is 15.0. The fraction of sp³-hybridized carbons (Fsp3) is 0.933. The standard InChI is InChI=1S/C15H31N3O2/c1-13(2)15(3,20)12-17-14(19)16-8-4-5-9-18-10-6-7-11-18/h13,20H,4-12H2,1-3H3,(H2,16,17,19). The van der Waals surface area contributed by atoms with Gasteiger partial charge in [0.15, 0.2) is 0 Å². The average molecular weight is 285 g/mol. The van der Waals surface area contributed by atoms with Gasteiger partial charge in [-0.05, 0) is 58.2 Å². The van der Waals surface area contributed by atoms with E-state index in [0.29, 0.717) is 6.54 Å². The minimum Gasteiger partial charge on any atom is -0.388 e. The number of hydrogen-bond donors (Lipinski definition) is 3. The van der Waals surface area contributed by atoms with Gasteiger partial charge < -0.3 is 20.6 Å². The number of nitrogens with one attached hydrogen (secondary N) is 2. The summed E-state index contributed by atoms with van der Waals surface area (Å²) in [6.07, 6.45) is 4.79. The van der Waals surface area contributed by atoms with Crippen LogP contribution in [-0.4, -0.2) is 54.4 Å². The Bertz CT molecular complexity index is 287. The minimum absolute atomic E-state index is 0.114. The highest BCUT2D eigenvalue weighted by atomic mass is 16.3. The van der Waals surface area contributed by atoms with Crippen LogP contribution in [0.5, 0.6) is 0 Å². The lowest BCUT2D eigenvalue weighted by atomic mass is 9.93. The smallest absolute Gasteiger partial charge is 0.314 e. The van der Waals surface area contributed by atoms with Crippen LogP contribution in [0.1, 0.15) is 46.5 Å². The van der Waals surface area contributed by atoms with Gasteiger partial charge in [-0.2, -0.15) is 0 Å². The first-order chi connectivity index (χ1) is 9.42. The van der Waals surface area contributed by atoms with E-state index in [1.54, 1.807) is 6.92 Å². The van der Waals surface area contributed by atoms with Gasteiger partial charge >= 0.3 is 6.03 Å². The molecule has 5 nitrogen and oxygen atoms in total. The normalized spacial score (nSPS) is 19.1. The minimum atomic E-state index is -0.854. The fourth-order valence-corrected chi connectivity index (χ4v) is 2.19. The third kappa shape index (κ3) is 6.57. The van der Waals surface area contributed by atoms with Gasteiger partial charge in [0.25, 0.3) is 0 Å². The molecule has 1 aliphatic rings. The summed E-state index contributed by atoms with van der Waals surface area (Å²) in [7, 11) is 0. The maximum atomic E-state index is 11.6. The number of likely N-dealkylation sites (tertiary alicyclic amines) is 1. The molecule has 0 aliphatic carbocycles. The van der Waals surface area contributed by atoms with Crippen molar-refractivity contribution in [3.63, 3.8) is 0 Å². The van der Waals surface area contributed by atoms with Gasteiger partial charge in [0.05, 0.1) is 5.60 Å². The topological polar surface area (TPSA) is 64.6 Å². The number of aliphatic hydroxyl groups is 1. The number of nitrogens with zero attached hydrogens (tertiary/aromatic N) is 1. The average Bonchev–Trinajstić information content (AvgIpc) is 2.89. The molecule has 0 spiro atoms. The molecule has 0 aromatic carbocycles. The van der Waals surface area contributed by atoms with Crippen molar-refractivity contribution in [1.29, 1.82) is 0 Å². The molecular formula is C15H31N3O2. The molecule has 0 saturated carbocycles. The number of amides is 2. The summed E-state index contributed by atoms with van der Waals surface area (Å²) >= 11 is 0. The number of rotatable bonds is 8. The molecule has 2 amide bonds. The number of unbranched alkanes of at least 4 members (excludes halogenated alkanes) is 1. The third-order valence-corrected chi connectivity index (χ3v) is 4.24. The summed E-state index contributed by atoms with van der Waals surface area (Å²) in [5, 5.41) is 15.6. The molecule has 20 heavy (non-hydrogen) atoms. The largest absolute Gasteiger partial charge is 0.388 e. The first-order valence-electron chi connectivity index (χ1n) is 7.88. The number of hydrogen-bond acceptors (Lipinski definition) is 3. The van der Waals surface area contributed by atoms with Crippen molar-refractivity contribution in [2.24, 2.45) is 5.92 Å². The summed E-state index contributed by atoms with van der Waals surface area (Å²) in [4.78, 5) is 14.1. The molecule has 0 aromatic rings. The van der Waals surface area contributed by atoms with Crippen LogP contribution in [0, 0.1) is 5.92 Å². The van der Waals surface area contributed by atoms with Crippen molar-refractivity contribution in [3.8, 4) is 0 Å². The summed E-state index contributed by atoms with van der Waals surface area (Å²) in [5.41, 5.74) is -0.854. The molecule has 0 radical (unpaired) electrons. The third-order valence-electron chi connectivity index (χ3n) is 4.24. The quantitative estimate of drug-likeness (QED) is 0.593. The first kappa shape index (κ1) is 17.2. The maximum absolute atomic E-state index is 11.6. The van der Waals surface area contributed by atoms with E-state index in [1.165, 1.54) is 25.9 Å². The van der Waals surface area contributed by atoms with Gasteiger partial charge in [-0.25, -0.2) is 4.79 Å². The SMILES string of the molecule is CC(C)C(C)(O)CNC(=O)NCCCCN1CCCC1. The van der Waals surface area contributed by atoms with Crippen LogP contribution in [0.15, 0.2) is 0 Å². The van der Waals surface area contributed by atoms with Crippen LogP contribution in [-0.2, 0) is 0 Å². The van der Waals surface area contributed by atoms with Crippen molar-refractivity contribution in [2.45, 2.75) is 52.1 Å². The maximum Gasteiger partial charge on any atom is 0.314 e. The molecule has 1 saturated heterocycles. The molecule has 1 atom stereocenters. The Morgan fingerprint density at radius 1 is 1.25 bits per heavy atom. The van der Waals surface area contributed by atoms with Gasteiger partial charge in [-0.3, -0.25) is 0 Å². The molecular weight excluding hydrogens is 254 g/mol. The van der Waals surface area contributed by atoms with Gasteiger partial charge in [-0.1, -0.05) is 13.8 Å². The second-order valence-corrected chi connectivity index (χ2v) is 6.38. The Morgan fingerprint density at radius 2 is 1.90 bits per heavy atom.